The molecule has 4 heteroatoms. The standard InChI is InChI=1S/C10H10N2O2/c1-2-14-10(13)5-9-4-3-8(6-11)7-12-9/h3-4,7H,2,5H2,1H3. The first-order valence-corrected chi connectivity index (χ1v) is 4.27. The molecule has 72 valence electrons. The molecule has 0 aliphatic rings. The summed E-state index contributed by atoms with van der Waals surface area (Å²) in [6, 6.07) is 5.23. The number of carbonyl (C=O) groups is 1. The first-order valence-electron chi connectivity index (χ1n) is 4.27. The Hall–Kier alpha value is -1.89. The van der Waals surface area contributed by atoms with Gasteiger partial charge >= 0.3 is 5.97 Å². The zero-order chi connectivity index (χ0) is 10.4. The quantitative estimate of drug-likeness (QED) is 0.668. The van der Waals surface area contributed by atoms with Gasteiger partial charge in [0.05, 0.1) is 24.3 Å². The Labute approximate surface area is 82.1 Å². The van der Waals surface area contributed by atoms with Gasteiger partial charge in [-0.05, 0) is 19.1 Å². The van der Waals surface area contributed by atoms with E-state index in [-0.39, 0.29) is 12.4 Å². The molecule has 0 aliphatic carbocycles. The topological polar surface area (TPSA) is 63.0 Å². The molecular weight excluding hydrogens is 180 g/mol. The monoisotopic (exact) mass is 190 g/mol. The first-order chi connectivity index (χ1) is 6.76. The number of esters is 1. The van der Waals surface area contributed by atoms with Crippen LogP contribution in [0.1, 0.15) is 18.2 Å². The maximum absolute atomic E-state index is 11.0. The molecule has 0 saturated heterocycles. The normalized spacial score (nSPS) is 9.14. The fourth-order valence-corrected chi connectivity index (χ4v) is 0.955. The van der Waals surface area contributed by atoms with E-state index in [0.717, 1.165) is 0 Å². The highest BCUT2D eigenvalue weighted by atomic mass is 16.5. The van der Waals surface area contributed by atoms with Crippen molar-refractivity contribution >= 4 is 5.97 Å². The van der Waals surface area contributed by atoms with E-state index in [1.165, 1.54) is 6.20 Å². The Morgan fingerprint density at radius 3 is 2.93 bits per heavy atom. The molecule has 0 amide bonds. The number of nitrogens with zero attached hydrogens (tertiary/aromatic N) is 2. The highest BCUT2D eigenvalue weighted by Gasteiger charge is 2.04. The van der Waals surface area contributed by atoms with Crippen LogP contribution in [-0.2, 0) is 16.0 Å². The molecular formula is C10H10N2O2. The van der Waals surface area contributed by atoms with Crippen molar-refractivity contribution in [2.45, 2.75) is 13.3 Å². The van der Waals surface area contributed by atoms with E-state index in [1.54, 1.807) is 19.1 Å². The summed E-state index contributed by atoms with van der Waals surface area (Å²) in [5.41, 5.74) is 1.10. The minimum Gasteiger partial charge on any atom is -0.466 e. The molecule has 0 aliphatic heterocycles. The van der Waals surface area contributed by atoms with E-state index < -0.39 is 0 Å². The molecule has 1 heterocycles. The maximum atomic E-state index is 11.0. The summed E-state index contributed by atoms with van der Waals surface area (Å²) in [5.74, 6) is -0.301. The Morgan fingerprint density at radius 2 is 2.43 bits per heavy atom. The molecule has 1 aromatic rings. The average Bonchev–Trinajstić information content (AvgIpc) is 2.19. The smallest absolute Gasteiger partial charge is 0.311 e. The van der Waals surface area contributed by atoms with Crippen molar-refractivity contribution in [3.05, 3.63) is 29.6 Å². The van der Waals surface area contributed by atoms with Crippen molar-refractivity contribution in [2.24, 2.45) is 0 Å². The summed E-state index contributed by atoms with van der Waals surface area (Å²) in [4.78, 5) is 15.0. The summed E-state index contributed by atoms with van der Waals surface area (Å²) in [5, 5.41) is 8.51. The molecule has 0 bridgehead atoms. The zero-order valence-electron chi connectivity index (χ0n) is 7.86. The van der Waals surface area contributed by atoms with Gasteiger partial charge in [-0.25, -0.2) is 0 Å². The fourth-order valence-electron chi connectivity index (χ4n) is 0.955. The number of nitriles is 1. The van der Waals surface area contributed by atoms with Gasteiger partial charge in [0.1, 0.15) is 6.07 Å². The molecule has 1 rings (SSSR count). The summed E-state index contributed by atoms with van der Waals surface area (Å²) in [7, 11) is 0. The van der Waals surface area contributed by atoms with Gasteiger partial charge in [0.2, 0.25) is 0 Å². The van der Waals surface area contributed by atoms with Crippen LogP contribution in [0.25, 0.3) is 0 Å². The predicted octanol–water partition coefficient (Wildman–Crippen LogP) is 1.06. The van der Waals surface area contributed by atoms with Gasteiger partial charge in [-0.1, -0.05) is 0 Å². The number of hydrogen-bond acceptors (Lipinski definition) is 4. The number of carbonyl (C=O) groups excluding carboxylic acids is 1. The Balaban J connectivity index is 2.61. The molecule has 0 atom stereocenters. The van der Waals surface area contributed by atoms with Crippen molar-refractivity contribution in [1.29, 1.82) is 5.26 Å². The average molecular weight is 190 g/mol. The lowest BCUT2D eigenvalue weighted by molar-refractivity contribution is -0.142. The van der Waals surface area contributed by atoms with Crippen LogP contribution in [0, 0.1) is 11.3 Å². The van der Waals surface area contributed by atoms with Crippen LogP contribution < -0.4 is 0 Å². The Kier molecular flexibility index (Phi) is 3.62. The summed E-state index contributed by atoms with van der Waals surface area (Å²) in [6.45, 7) is 2.12. The molecule has 0 radical (unpaired) electrons. The van der Waals surface area contributed by atoms with Gasteiger partial charge in [-0.15, -0.1) is 0 Å². The number of hydrogen-bond donors (Lipinski definition) is 0. The Bertz CT molecular complexity index is 351. The first kappa shape index (κ1) is 10.2. The van der Waals surface area contributed by atoms with Crippen LogP contribution in [-0.4, -0.2) is 17.6 Å². The van der Waals surface area contributed by atoms with E-state index in [2.05, 4.69) is 4.98 Å². The lowest BCUT2D eigenvalue weighted by atomic mass is 10.2. The fraction of sp³-hybridized carbons (Fsp3) is 0.300. The van der Waals surface area contributed by atoms with Crippen molar-refractivity contribution in [2.75, 3.05) is 6.61 Å². The Morgan fingerprint density at radius 1 is 1.64 bits per heavy atom. The van der Waals surface area contributed by atoms with Gasteiger partial charge in [0, 0.05) is 6.20 Å². The minimum atomic E-state index is -0.301. The largest absolute Gasteiger partial charge is 0.466 e. The van der Waals surface area contributed by atoms with Crippen LogP contribution in [0.3, 0.4) is 0 Å². The van der Waals surface area contributed by atoms with Crippen molar-refractivity contribution in [3.63, 3.8) is 0 Å². The van der Waals surface area contributed by atoms with Crippen LogP contribution in [0.2, 0.25) is 0 Å². The molecule has 14 heavy (non-hydrogen) atoms. The van der Waals surface area contributed by atoms with E-state index >= 15 is 0 Å². The molecule has 0 spiro atoms. The van der Waals surface area contributed by atoms with Crippen molar-refractivity contribution < 1.29 is 9.53 Å². The number of aromatic nitrogens is 1. The second kappa shape index (κ2) is 4.97. The molecule has 0 N–H and O–H groups in total. The van der Waals surface area contributed by atoms with Crippen molar-refractivity contribution in [3.8, 4) is 6.07 Å². The third kappa shape index (κ3) is 2.87. The number of pyridine rings is 1. The molecule has 0 aromatic carbocycles. The second-order valence-electron chi connectivity index (χ2n) is 2.63. The van der Waals surface area contributed by atoms with E-state index in [1.807, 2.05) is 6.07 Å². The second-order valence-corrected chi connectivity index (χ2v) is 2.63. The predicted molar refractivity (Wildman–Crippen MR) is 49.3 cm³/mol. The van der Waals surface area contributed by atoms with Crippen LogP contribution in [0.5, 0.6) is 0 Å². The van der Waals surface area contributed by atoms with Gasteiger partial charge in [-0.3, -0.25) is 9.78 Å². The van der Waals surface area contributed by atoms with Gasteiger partial charge in [0.25, 0.3) is 0 Å². The third-order valence-electron chi connectivity index (χ3n) is 1.58. The van der Waals surface area contributed by atoms with Crippen LogP contribution >= 0.6 is 0 Å². The molecule has 0 unspecified atom stereocenters. The lowest BCUT2D eigenvalue weighted by Gasteiger charge is -2.00. The summed E-state index contributed by atoms with van der Waals surface area (Å²) in [6.07, 6.45) is 1.59. The molecule has 4 nitrogen and oxygen atoms in total. The molecule has 0 saturated carbocycles. The van der Waals surface area contributed by atoms with Crippen LogP contribution in [0.4, 0.5) is 0 Å². The highest BCUT2D eigenvalue weighted by Crippen LogP contribution is 2.00. The maximum Gasteiger partial charge on any atom is 0.311 e. The summed E-state index contributed by atoms with van der Waals surface area (Å²) >= 11 is 0. The number of rotatable bonds is 3. The van der Waals surface area contributed by atoms with Crippen molar-refractivity contribution in [1.82, 2.24) is 4.98 Å². The van der Waals surface area contributed by atoms with E-state index in [0.29, 0.717) is 17.9 Å². The van der Waals surface area contributed by atoms with Crippen LogP contribution in [0.15, 0.2) is 18.3 Å². The number of ether oxygens (including phenoxy) is 1. The SMILES string of the molecule is CCOC(=O)Cc1ccc(C#N)cn1. The van der Waals surface area contributed by atoms with E-state index in [9.17, 15) is 4.79 Å². The van der Waals surface area contributed by atoms with Gasteiger partial charge in [0.15, 0.2) is 0 Å². The highest BCUT2D eigenvalue weighted by molar-refractivity contribution is 5.71. The molecule has 0 fully saturated rings. The summed E-state index contributed by atoms with van der Waals surface area (Å²) < 4.78 is 4.76. The minimum absolute atomic E-state index is 0.152. The van der Waals surface area contributed by atoms with E-state index in [4.69, 9.17) is 10.00 Å². The molecule has 1 aromatic heterocycles. The van der Waals surface area contributed by atoms with Gasteiger partial charge < -0.3 is 4.74 Å². The zero-order valence-corrected chi connectivity index (χ0v) is 7.86. The van der Waals surface area contributed by atoms with Gasteiger partial charge in [-0.2, -0.15) is 5.26 Å². The lowest BCUT2D eigenvalue weighted by Crippen LogP contribution is -2.08. The third-order valence-corrected chi connectivity index (χ3v) is 1.58.